The Labute approximate surface area is 101 Å². The normalized spacial score (nSPS) is 10.3. The molecule has 1 aromatic carbocycles. The maximum absolute atomic E-state index is 5.83. The van der Waals surface area contributed by atoms with Crippen molar-refractivity contribution < 1.29 is 4.74 Å². The molecule has 2 aromatic rings. The molecule has 0 saturated carbocycles. The van der Waals surface area contributed by atoms with Crippen molar-refractivity contribution in [2.75, 3.05) is 5.73 Å². The standard InChI is InChI=1S/C14H16N2O/c1-9-6-10(2)8-12(7-9)17-14-13(15)5-4-11(3)16-14/h4-8H,15H2,1-3H3. The number of benzene rings is 1. The smallest absolute Gasteiger partial charge is 0.242 e. The molecule has 0 atom stereocenters. The number of aryl methyl sites for hydroxylation is 3. The highest BCUT2D eigenvalue weighted by atomic mass is 16.5. The van der Waals surface area contributed by atoms with Gasteiger partial charge in [-0.3, -0.25) is 0 Å². The number of anilines is 1. The van der Waals surface area contributed by atoms with E-state index in [4.69, 9.17) is 10.5 Å². The van der Waals surface area contributed by atoms with Gasteiger partial charge >= 0.3 is 0 Å². The second-order valence-corrected chi connectivity index (χ2v) is 4.27. The van der Waals surface area contributed by atoms with Crippen LogP contribution in [0.2, 0.25) is 0 Å². The third-order valence-corrected chi connectivity index (χ3v) is 2.44. The van der Waals surface area contributed by atoms with Crippen LogP contribution in [0.15, 0.2) is 30.3 Å². The van der Waals surface area contributed by atoms with Gasteiger partial charge in [-0.25, -0.2) is 4.98 Å². The zero-order chi connectivity index (χ0) is 12.4. The van der Waals surface area contributed by atoms with Gasteiger partial charge in [0.1, 0.15) is 5.75 Å². The minimum atomic E-state index is 0.468. The fourth-order valence-corrected chi connectivity index (χ4v) is 1.73. The molecule has 0 fully saturated rings. The van der Waals surface area contributed by atoms with Gasteiger partial charge in [-0.1, -0.05) is 6.07 Å². The fraction of sp³-hybridized carbons (Fsp3) is 0.214. The van der Waals surface area contributed by atoms with Crippen LogP contribution in [0.3, 0.4) is 0 Å². The quantitative estimate of drug-likeness (QED) is 0.857. The van der Waals surface area contributed by atoms with Gasteiger partial charge in [0, 0.05) is 5.69 Å². The Morgan fingerprint density at radius 1 is 1.00 bits per heavy atom. The van der Waals surface area contributed by atoms with Crippen molar-refractivity contribution in [3.8, 4) is 11.6 Å². The molecule has 3 nitrogen and oxygen atoms in total. The largest absolute Gasteiger partial charge is 0.437 e. The van der Waals surface area contributed by atoms with Gasteiger partial charge in [0.2, 0.25) is 5.88 Å². The van der Waals surface area contributed by atoms with Crippen LogP contribution in [0.25, 0.3) is 0 Å². The molecule has 0 radical (unpaired) electrons. The van der Waals surface area contributed by atoms with E-state index in [1.54, 1.807) is 6.07 Å². The summed E-state index contributed by atoms with van der Waals surface area (Å²) < 4.78 is 5.72. The van der Waals surface area contributed by atoms with E-state index in [2.05, 4.69) is 11.1 Å². The average molecular weight is 228 g/mol. The van der Waals surface area contributed by atoms with E-state index < -0.39 is 0 Å². The number of nitrogen functional groups attached to an aromatic ring is 1. The lowest BCUT2D eigenvalue weighted by Crippen LogP contribution is -1.96. The summed E-state index contributed by atoms with van der Waals surface area (Å²) in [6.07, 6.45) is 0. The molecule has 0 unspecified atom stereocenters. The summed E-state index contributed by atoms with van der Waals surface area (Å²) in [5.41, 5.74) is 9.58. The molecule has 0 amide bonds. The first-order valence-corrected chi connectivity index (χ1v) is 5.54. The maximum atomic E-state index is 5.83. The molecule has 17 heavy (non-hydrogen) atoms. The molecule has 0 aliphatic carbocycles. The molecule has 0 bridgehead atoms. The third kappa shape index (κ3) is 2.75. The van der Waals surface area contributed by atoms with Gasteiger partial charge in [-0.05, 0) is 56.2 Å². The summed E-state index contributed by atoms with van der Waals surface area (Å²) in [4.78, 5) is 4.28. The minimum absolute atomic E-state index is 0.468. The fourth-order valence-electron chi connectivity index (χ4n) is 1.73. The molecular weight excluding hydrogens is 212 g/mol. The topological polar surface area (TPSA) is 48.1 Å². The molecule has 0 aliphatic rings. The molecule has 88 valence electrons. The highest BCUT2D eigenvalue weighted by Crippen LogP contribution is 2.26. The van der Waals surface area contributed by atoms with Crippen molar-refractivity contribution in [2.45, 2.75) is 20.8 Å². The number of pyridine rings is 1. The Morgan fingerprint density at radius 2 is 1.65 bits per heavy atom. The summed E-state index contributed by atoms with van der Waals surface area (Å²) >= 11 is 0. The second kappa shape index (κ2) is 4.45. The van der Waals surface area contributed by atoms with Gasteiger partial charge in [0.05, 0.1) is 5.69 Å². The van der Waals surface area contributed by atoms with Crippen LogP contribution in [0.5, 0.6) is 11.6 Å². The zero-order valence-electron chi connectivity index (χ0n) is 10.3. The lowest BCUT2D eigenvalue weighted by atomic mass is 10.1. The SMILES string of the molecule is Cc1cc(C)cc(Oc2nc(C)ccc2N)c1. The molecule has 0 saturated heterocycles. The predicted octanol–water partition coefficient (Wildman–Crippen LogP) is 3.38. The van der Waals surface area contributed by atoms with E-state index in [1.165, 1.54) is 0 Å². The first-order chi connectivity index (χ1) is 8.04. The molecule has 0 spiro atoms. The number of nitrogens with two attached hydrogens (primary N) is 1. The molecule has 1 aromatic heterocycles. The number of nitrogens with zero attached hydrogens (tertiary/aromatic N) is 1. The van der Waals surface area contributed by atoms with Crippen molar-refractivity contribution in [2.24, 2.45) is 0 Å². The molecule has 3 heteroatoms. The molecule has 0 aliphatic heterocycles. The van der Waals surface area contributed by atoms with Crippen molar-refractivity contribution >= 4 is 5.69 Å². The predicted molar refractivity (Wildman–Crippen MR) is 69.4 cm³/mol. The second-order valence-electron chi connectivity index (χ2n) is 4.27. The molecule has 2 N–H and O–H groups in total. The van der Waals surface area contributed by atoms with E-state index >= 15 is 0 Å². The lowest BCUT2D eigenvalue weighted by molar-refractivity contribution is 0.463. The molecule has 1 heterocycles. The molecular formula is C14H16N2O. The first-order valence-electron chi connectivity index (χ1n) is 5.54. The monoisotopic (exact) mass is 228 g/mol. The summed E-state index contributed by atoms with van der Waals surface area (Å²) in [7, 11) is 0. The first kappa shape index (κ1) is 11.5. The van der Waals surface area contributed by atoms with Crippen LogP contribution in [0, 0.1) is 20.8 Å². The molecule has 2 rings (SSSR count). The Balaban J connectivity index is 2.34. The highest BCUT2D eigenvalue weighted by molar-refractivity contribution is 5.50. The summed E-state index contributed by atoms with van der Waals surface area (Å²) in [6, 6.07) is 9.71. The average Bonchev–Trinajstić information content (AvgIpc) is 2.22. The third-order valence-electron chi connectivity index (χ3n) is 2.44. The van der Waals surface area contributed by atoms with E-state index in [1.807, 2.05) is 39.0 Å². The summed E-state index contributed by atoms with van der Waals surface area (Å²) in [5, 5.41) is 0. The lowest BCUT2D eigenvalue weighted by Gasteiger charge is -2.09. The Morgan fingerprint density at radius 3 is 2.29 bits per heavy atom. The van der Waals surface area contributed by atoms with Gasteiger partial charge in [0.25, 0.3) is 0 Å². The maximum Gasteiger partial charge on any atom is 0.242 e. The van der Waals surface area contributed by atoms with E-state index in [-0.39, 0.29) is 0 Å². The van der Waals surface area contributed by atoms with Gasteiger partial charge < -0.3 is 10.5 Å². The number of rotatable bonds is 2. The van der Waals surface area contributed by atoms with Crippen molar-refractivity contribution in [1.82, 2.24) is 4.98 Å². The Bertz CT molecular complexity index is 530. The van der Waals surface area contributed by atoms with Crippen molar-refractivity contribution in [3.05, 3.63) is 47.2 Å². The van der Waals surface area contributed by atoms with E-state index in [9.17, 15) is 0 Å². The highest BCUT2D eigenvalue weighted by Gasteiger charge is 2.05. The number of ether oxygens (including phenoxy) is 1. The van der Waals surface area contributed by atoms with Crippen molar-refractivity contribution in [3.63, 3.8) is 0 Å². The van der Waals surface area contributed by atoms with Crippen LogP contribution in [-0.2, 0) is 0 Å². The Hall–Kier alpha value is -2.03. The summed E-state index contributed by atoms with van der Waals surface area (Å²) in [5.74, 6) is 1.24. The summed E-state index contributed by atoms with van der Waals surface area (Å²) in [6.45, 7) is 5.98. The number of hydrogen-bond donors (Lipinski definition) is 1. The van der Waals surface area contributed by atoms with Crippen molar-refractivity contribution in [1.29, 1.82) is 0 Å². The van der Waals surface area contributed by atoms with Crippen LogP contribution >= 0.6 is 0 Å². The van der Waals surface area contributed by atoms with E-state index in [0.717, 1.165) is 22.6 Å². The zero-order valence-corrected chi connectivity index (χ0v) is 10.3. The van der Waals surface area contributed by atoms with Crippen LogP contribution in [0.4, 0.5) is 5.69 Å². The van der Waals surface area contributed by atoms with Crippen LogP contribution in [0.1, 0.15) is 16.8 Å². The van der Waals surface area contributed by atoms with Gasteiger partial charge in [-0.2, -0.15) is 0 Å². The number of hydrogen-bond acceptors (Lipinski definition) is 3. The van der Waals surface area contributed by atoms with Gasteiger partial charge in [0.15, 0.2) is 0 Å². The van der Waals surface area contributed by atoms with Crippen LogP contribution in [-0.4, -0.2) is 4.98 Å². The number of aromatic nitrogens is 1. The van der Waals surface area contributed by atoms with Crippen LogP contribution < -0.4 is 10.5 Å². The van der Waals surface area contributed by atoms with Gasteiger partial charge in [-0.15, -0.1) is 0 Å². The Kier molecular flexibility index (Phi) is 3.00. The minimum Gasteiger partial charge on any atom is -0.437 e. The van der Waals surface area contributed by atoms with E-state index in [0.29, 0.717) is 11.6 Å².